The van der Waals surface area contributed by atoms with Crippen LogP contribution in [0.25, 0.3) is 0 Å². The molecule has 0 saturated heterocycles. The summed E-state index contributed by atoms with van der Waals surface area (Å²) in [7, 11) is 0. The maximum Gasteiger partial charge on any atom is 0.127 e. The SMILES string of the molecule is CC(NC1CCc2c(F)cc(Br)cc21)c1ccncc1. The van der Waals surface area contributed by atoms with Gasteiger partial charge >= 0.3 is 0 Å². The van der Waals surface area contributed by atoms with Gasteiger partial charge in [0.25, 0.3) is 0 Å². The predicted octanol–water partition coefficient (Wildman–Crippen LogP) is 4.32. The second-order valence-electron chi connectivity index (χ2n) is 5.22. The van der Waals surface area contributed by atoms with Crippen LogP contribution < -0.4 is 5.32 Å². The topological polar surface area (TPSA) is 24.9 Å². The Bertz CT molecular complexity index is 615. The summed E-state index contributed by atoms with van der Waals surface area (Å²) in [6, 6.07) is 8.02. The number of aromatic nitrogens is 1. The molecule has 1 aromatic heterocycles. The van der Waals surface area contributed by atoms with Crippen LogP contribution >= 0.6 is 15.9 Å². The number of nitrogens with zero attached hydrogens (tertiary/aromatic N) is 1. The lowest BCUT2D eigenvalue weighted by atomic mass is 10.0. The van der Waals surface area contributed by atoms with Crippen LogP contribution in [-0.4, -0.2) is 4.98 Å². The third-order valence-corrected chi connectivity index (χ3v) is 4.37. The molecule has 20 heavy (non-hydrogen) atoms. The van der Waals surface area contributed by atoms with Gasteiger partial charge in [-0.25, -0.2) is 4.39 Å². The maximum atomic E-state index is 13.9. The molecule has 0 amide bonds. The van der Waals surface area contributed by atoms with Crippen LogP contribution in [0.15, 0.2) is 41.1 Å². The van der Waals surface area contributed by atoms with E-state index in [1.54, 1.807) is 18.5 Å². The summed E-state index contributed by atoms with van der Waals surface area (Å²) in [5.74, 6) is -0.102. The molecule has 2 aromatic rings. The molecule has 0 saturated carbocycles. The molecule has 0 spiro atoms. The minimum atomic E-state index is -0.102. The molecule has 1 N–H and O–H groups in total. The molecule has 2 nitrogen and oxygen atoms in total. The van der Waals surface area contributed by atoms with E-state index in [0.717, 1.165) is 28.4 Å². The molecule has 2 atom stereocenters. The summed E-state index contributed by atoms with van der Waals surface area (Å²) in [5.41, 5.74) is 3.13. The molecule has 1 aliphatic carbocycles. The Labute approximate surface area is 126 Å². The van der Waals surface area contributed by atoms with Crippen molar-refractivity contribution in [1.82, 2.24) is 10.3 Å². The van der Waals surface area contributed by atoms with Crippen molar-refractivity contribution in [3.05, 3.63) is 63.6 Å². The van der Waals surface area contributed by atoms with Crippen LogP contribution in [0.5, 0.6) is 0 Å². The van der Waals surface area contributed by atoms with Crippen molar-refractivity contribution >= 4 is 15.9 Å². The predicted molar refractivity (Wildman–Crippen MR) is 80.9 cm³/mol. The van der Waals surface area contributed by atoms with Crippen molar-refractivity contribution in [2.75, 3.05) is 0 Å². The van der Waals surface area contributed by atoms with Crippen LogP contribution in [0.2, 0.25) is 0 Å². The largest absolute Gasteiger partial charge is 0.303 e. The van der Waals surface area contributed by atoms with E-state index in [4.69, 9.17) is 0 Å². The number of pyridine rings is 1. The Morgan fingerprint density at radius 2 is 2.10 bits per heavy atom. The van der Waals surface area contributed by atoms with Crippen molar-refractivity contribution in [3.63, 3.8) is 0 Å². The van der Waals surface area contributed by atoms with Crippen LogP contribution in [0, 0.1) is 5.82 Å². The fourth-order valence-electron chi connectivity index (χ4n) is 2.87. The zero-order valence-electron chi connectivity index (χ0n) is 11.2. The number of nitrogens with one attached hydrogen (secondary N) is 1. The van der Waals surface area contributed by atoms with Crippen molar-refractivity contribution < 1.29 is 4.39 Å². The summed E-state index contributed by atoms with van der Waals surface area (Å²) in [4.78, 5) is 4.04. The van der Waals surface area contributed by atoms with E-state index in [1.807, 2.05) is 18.2 Å². The Hall–Kier alpha value is -1.26. The van der Waals surface area contributed by atoms with Crippen molar-refractivity contribution in [3.8, 4) is 0 Å². The van der Waals surface area contributed by atoms with Gasteiger partial charge in [0.1, 0.15) is 5.82 Å². The van der Waals surface area contributed by atoms with Gasteiger partial charge in [-0.1, -0.05) is 15.9 Å². The second-order valence-corrected chi connectivity index (χ2v) is 6.13. The second kappa shape index (κ2) is 5.62. The van der Waals surface area contributed by atoms with Gasteiger partial charge < -0.3 is 5.32 Å². The van der Waals surface area contributed by atoms with E-state index in [0.29, 0.717) is 0 Å². The number of rotatable bonds is 3. The Balaban J connectivity index is 1.82. The van der Waals surface area contributed by atoms with E-state index in [-0.39, 0.29) is 17.9 Å². The standard InChI is InChI=1S/C16H16BrFN2/c1-10(11-4-6-19-7-5-11)20-16-3-2-13-14(16)8-12(17)9-15(13)18/h4-10,16,20H,2-3H2,1H3. The third kappa shape index (κ3) is 2.63. The Kier molecular flexibility index (Phi) is 3.85. The zero-order valence-corrected chi connectivity index (χ0v) is 12.8. The van der Waals surface area contributed by atoms with Crippen LogP contribution in [0.4, 0.5) is 4.39 Å². The lowest BCUT2D eigenvalue weighted by Crippen LogP contribution is -2.23. The Morgan fingerprint density at radius 1 is 1.35 bits per heavy atom. The number of hydrogen-bond donors (Lipinski definition) is 1. The molecule has 0 aliphatic heterocycles. The first-order valence-electron chi connectivity index (χ1n) is 6.79. The lowest BCUT2D eigenvalue weighted by molar-refractivity contribution is 0.464. The molecule has 4 heteroatoms. The van der Waals surface area contributed by atoms with Crippen molar-refractivity contribution in [2.24, 2.45) is 0 Å². The van der Waals surface area contributed by atoms with Gasteiger partial charge in [-0.15, -0.1) is 0 Å². The number of hydrogen-bond acceptors (Lipinski definition) is 2. The smallest absolute Gasteiger partial charge is 0.127 e. The number of benzene rings is 1. The summed E-state index contributed by atoms with van der Waals surface area (Å²) >= 11 is 3.38. The number of halogens is 2. The fourth-order valence-corrected chi connectivity index (χ4v) is 3.31. The average molecular weight is 335 g/mol. The van der Waals surface area contributed by atoms with E-state index in [2.05, 4.69) is 33.2 Å². The molecule has 3 rings (SSSR count). The quantitative estimate of drug-likeness (QED) is 0.904. The summed E-state index contributed by atoms with van der Waals surface area (Å²) in [6.45, 7) is 2.13. The summed E-state index contributed by atoms with van der Waals surface area (Å²) in [5, 5.41) is 3.59. The molecule has 2 unspecified atom stereocenters. The first-order chi connectivity index (χ1) is 9.65. The van der Waals surface area contributed by atoms with E-state index >= 15 is 0 Å². The molecule has 1 aliphatic rings. The first kappa shape index (κ1) is 13.7. The van der Waals surface area contributed by atoms with Crippen molar-refractivity contribution in [1.29, 1.82) is 0 Å². The highest BCUT2D eigenvalue weighted by molar-refractivity contribution is 9.10. The molecule has 1 aromatic carbocycles. The molecular formula is C16H16BrFN2. The summed E-state index contributed by atoms with van der Waals surface area (Å²) < 4.78 is 14.7. The maximum absolute atomic E-state index is 13.9. The van der Waals surface area contributed by atoms with E-state index in [1.165, 1.54) is 5.56 Å². The minimum Gasteiger partial charge on any atom is -0.303 e. The van der Waals surface area contributed by atoms with E-state index < -0.39 is 0 Å². The highest BCUT2D eigenvalue weighted by Gasteiger charge is 2.26. The first-order valence-corrected chi connectivity index (χ1v) is 7.58. The molecule has 0 fully saturated rings. The molecule has 104 valence electrons. The van der Waals surface area contributed by atoms with Crippen molar-refractivity contribution in [2.45, 2.75) is 31.8 Å². The molecule has 0 bridgehead atoms. The highest BCUT2D eigenvalue weighted by Crippen LogP contribution is 2.36. The van der Waals surface area contributed by atoms with Gasteiger partial charge in [0.05, 0.1) is 0 Å². The highest BCUT2D eigenvalue weighted by atomic mass is 79.9. The molecule has 1 heterocycles. The molecule has 0 radical (unpaired) electrons. The van der Waals surface area contributed by atoms with Gasteiger partial charge in [-0.3, -0.25) is 4.98 Å². The fraction of sp³-hybridized carbons (Fsp3) is 0.312. The normalized spacial score (nSPS) is 18.9. The van der Waals surface area contributed by atoms with Gasteiger partial charge in [0.15, 0.2) is 0 Å². The van der Waals surface area contributed by atoms with Crippen LogP contribution in [-0.2, 0) is 6.42 Å². The van der Waals surface area contributed by atoms with Crippen LogP contribution in [0.1, 0.15) is 42.1 Å². The minimum absolute atomic E-state index is 0.102. The molecular weight excluding hydrogens is 319 g/mol. The third-order valence-electron chi connectivity index (χ3n) is 3.91. The van der Waals surface area contributed by atoms with Gasteiger partial charge in [0, 0.05) is 29.0 Å². The lowest BCUT2D eigenvalue weighted by Gasteiger charge is -2.21. The number of fused-ring (bicyclic) bond motifs is 1. The van der Waals surface area contributed by atoms with Gasteiger partial charge in [0.2, 0.25) is 0 Å². The van der Waals surface area contributed by atoms with Gasteiger partial charge in [-0.2, -0.15) is 0 Å². The van der Waals surface area contributed by atoms with Crippen LogP contribution in [0.3, 0.4) is 0 Å². The monoisotopic (exact) mass is 334 g/mol. The zero-order chi connectivity index (χ0) is 14.1. The Morgan fingerprint density at radius 3 is 2.85 bits per heavy atom. The van der Waals surface area contributed by atoms with Gasteiger partial charge in [-0.05, 0) is 60.7 Å². The average Bonchev–Trinajstić information content (AvgIpc) is 2.83. The van der Waals surface area contributed by atoms with E-state index in [9.17, 15) is 4.39 Å². The summed E-state index contributed by atoms with van der Waals surface area (Å²) in [6.07, 6.45) is 5.34.